The number of rotatable bonds is 3. The number of piperidine rings is 2. The first kappa shape index (κ1) is 14.8. The molecule has 1 saturated carbocycles. The number of methoxy groups -OCH3 is 1. The molecule has 3 fully saturated rings. The summed E-state index contributed by atoms with van der Waals surface area (Å²) in [6.45, 7) is 10.00. The Labute approximate surface area is 124 Å². The van der Waals surface area contributed by atoms with Gasteiger partial charge in [-0.05, 0) is 84.0 Å². The standard InChI is InChI=1S/C17H32N2O/c1-14(2)18-8-4-17(5-9-18)6-10-19(11-7-17)15-12-16(13-15)20-3/h14-16H,4-13H2,1-3H3. The van der Waals surface area contributed by atoms with Crippen molar-refractivity contribution in [2.24, 2.45) is 5.41 Å². The van der Waals surface area contributed by atoms with Crippen LogP contribution >= 0.6 is 0 Å². The van der Waals surface area contributed by atoms with Gasteiger partial charge < -0.3 is 14.5 Å². The van der Waals surface area contributed by atoms with Gasteiger partial charge >= 0.3 is 0 Å². The Morgan fingerprint density at radius 1 is 0.950 bits per heavy atom. The molecule has 2 aliphatic heterocycles. The number of nitrogens with zero attached hydrogens (tertiary/aromatic N) is 2. The molecule has 0 aromatic heterocycles. The summed E-state index contributed by atoms with van der Waals surface area (Å²) in [6, 6.07) is 1.56. The van der Waals surface area contributed by atoms with Gasteiger partial charge in [0.2, 0.25) is 0 Å². The molecule has 0 amide bonds. The van der Waals surface area contributed by atoms with Gasteiger partial charge in [-0.15, -0.1) is 0 Å². The molecule has 3 aliphatic rings. The molecule has 0 aromatic carbocycles. The SMILES string of the molecule is COC1CC(N2CCC3(CCN(C(C)C)CC3)CC2)C1. The van der Waals surface area contributed by atoms with Gasteiger partial charge in [-0.1, -0.05) is 0 Å². The van der Waals surface area contributed by atoms with E-state index in [4.69, 9.17) is 4.74 Å². The molecule has 2 saturated heterocycles. The first-order valence-electron chi connectivity index (χ1n) is 8.63. The predicted molar refractivity (Wildman–Crippen MR) is 83.0 cm³/mol. The summed E-state index contributed by atoms with van der Waals surface area (Å²) < 4.78 is 5.42. The van der Waals surface area contributed by atoms with Crippen molar-refractivity contribution in [1.82, 2.24) is 9.80 Å². The fourth-order valence-electron chi connectivity index (χ4n) is 4.41. The molecule has 3 rings (SSSR count). The van der Waals surface area contributed by atoms with E-state index >= 15 is 0 Å². The van der Waals surface area contributed by atoms with Crippen LogP contribution < -0.4 is 0 Å². The maximum atomic E-state index is 5.42. The number of ether oxygens (including phenoxy) is 1. The molecule has 0 N–H and O–H groups in total. The van der Waals surface area contributed by atoms with Gasteiger partial charge in [0.15, 0.2) is 0 Å². The van der Waals surface area contributed by atoms with Crippen LogP contribution in [0.1, 0.15) is 52.4 Å². The maximum Gasteiger partial charge on any atom is 0.0601 e. The van der Waals surface area contributed by atoms with E-state index < -0.39 is 0 Å². The number of hydrogen-bond acceptors (Lipinski definition) is 3. The van der Waals surface area contributed by atoms with Crippen molar-refractivity contribution in [1.29, 1.82) is 0 Å². The maximum absolute atomic E-state index is 5.42. The molecule has 3 heteroatoms. The average Bonchev–Trinajstić information content (AvgIpc) is 2.40. The quantitative estimate of drug-likeness (QED) is 0.790. The lowest BCUT2D eigenvalue weighted by molar-refractivity contribution is -0.0545. The van der Waals surface area contributed by atoms with Gasteiger partial charge in [0.05, 0.1) is 6.10 Å². The Balaban J connectivity index is 1.45. The zero-order valence-corrected chi connectivity index (χ0v) is 13.6. The highest BCUT2D eigenvalue weighted by atomic mass is 16.5. The molecule has 0 radical (unpaired) electrons. The second kappa shape index (κ2) is 5.94. The number of hydrogen-bond donors (Lipinski definition) is 0. The monoisotopic (exact) mass is 280 g/mol. The van der Waals surface area contributed by atoms with Gasteiger partial charge in [0.25, 0.3) is 0 Å². The predicted octanol–water partition coefficient (Wildman–Crippen LogP) is 2.75. The molecular weight excluding hydrogens is 248 g/mol. The molecule has 1 aliphatic carbocycles. The third-order valence-electron chi connectivity index (χ3n) is 6.37. The molecule has 0 unspecified atom stereocenters. The van der Waals surface area contributed by atoms with Crippen LogP contribution in [0.25, 0.3) is 0 Å². The summed E-state index contributed by atoms with van der Waals surface area (Å²) in [5.41, 5.74) is 0.687. The van der Waals surface area contributed by atoms with Crippen molar-refractivity contribution in [3.05, 3.63) is 0 Å². The van der Waals surface area contributed by atoms with Crippen molar-refractivity contribution in [3.63, 3.8) is 0 Å². The lowest BCUT2D eigenvalue weighted by atomic mass is 9.70. The van der Waals surface area contributed by atoms with Gasteiger partial charge in [-0.3, -0.25) is 0 Å². The van der Waals surface area contributed by atoms with Crippen LogP contribution in [0.15, 0.2) is 0 Å². The van der Waals surface area contributed by atoms with Crippen molar-refractivity contribution < 1.29 is 4.74 Å². The Bertz CT molecular complexity index is 307. The van der Waals surface area contributed by atoms with Crippen molar-refractivity contribution in [2.75, 3.05) is 33.3 Å². The normalized spacial score (nSPS) is 35.4. The van der Waals surface area contributed by atoms with Crippen LogP contribution in [0.2, 0.25) is 0 Å². The van der Waals surface area contributed by atoms with Crippen LogP contribution in [0, 0.1) is 5.41 Å². The van der Waals surface area contributed by atoms with E-state index in [1.165, 1.54) is 64.7 Å². The smallest absolute Gasteiger partial charge is 0.0601 e. The summed E-state index contributed by atoms with van der Waals surface area (Å²) >= 11 is 0. The largest absolute Gasteiger partial charge is 0.381 e. The molecule has 1 spiro atoms. The second-order valence-corrected chi connectivity index (χ2v) is 7.65. The highest BCUT2D eigenvalue weighted by Gasteiger charge is 2.41. The average molecular weight is 280 g/mol. The van der Waals surface area contributed by atoms with E-state index in [1.807, 2.05) is 7.11 Å². The van der Waals surface area contributed by atoms with Crippen molar-refractivity contribution >= 4 is 0 Å². The van der Waals surface area contributed by atoms with E-state index in [2.05, 4.69) is 23.6 Å². The lowest BCUT2D eigenvalue weighted by Crippen LogP contribution is -2.54. The molecule has 116 valence electrons. The first-order chi connectivity index (χ1) is 9.62. The molecule has 0 atom stereocenters. The molecule has 20 heavy (non-hydrogen) atoms. The Morgan fingerprint density at radius 2 is 1.50 bits per heavy atom. The van der Waals surface area contributed by atoms with Crippen LogP contribution in [0.4, 0.5) is 0 Å². The topological polar surface area (TPSA) is 15.7 Å². The molecule has 0 bridgehead atoms. The van der Waals surface area contributed by atoms with Gasteiger partial charge in [0, 0.05) is 19.2 Å². The highest BCUT2D eigenvalue weighted by molar-refractivity contribution is 4.95. The van der Waals surface area contributed by atoms with E-state index in [9.17, 15) is 0 Å². The van der Waals surface area contributed by atoms with Crippen LogP contribution in [0.3, 0.4) is 0 Å². The summed E-state index contributed by atoms with van der Waals surface area (Å²) in [7, 11) is 1.86. The number of likely N-dealkylation sites (tertiary alicyclic amines) is 2. The molecule has 3 nitrogen and oxygen atoms in total. The summed E-state index contributed by atoms with van der Waals surface area (Å²) in [6.07, 6.45) is 8.83. The fourth-order valence-corrected chi connectivity index (χ4v) is 4.41. The van der Waals surface area contributed by atoms with Crippen LogP contribution in [-0.2, 0) is 4.74 Å². The summed E-state index contributed by atoms with van der Waals surface area (Å²) in [4.78, 5) is 5.41. The van der Waals surface area contributed by atoms with E-state index in [0.29, 0.717) is 11.5 Å². The molecule has 2 heterocycles. The fraction of sp³-hybridized carbons (Fsp3) is 1.00. The summed E-state index contributed by atoms with van der Waals surface area (Å²) in [5.74, 6) is 0. The van der Waals surface area contributed by atoms with Gasteiger partial charge in [-0.2, -0.15) is 0 Å². The Kier molecular flexibility index (Phi) is 4.40. The zero-order chi connectivity index (χ0) is 14.2. The van der Waals surface area contributed by atoms with E-state index in [0.717, 1.165) is 12.1 Å². The second-order valence-electron chi connectivity index (χ2n) is 7.65. The third-order valence-corrected chi connectivity index (χ3v) is 6.37. The highest BCUT2D eigenvalue weighted by Crippen LogP contribution is 2.43. The van der Waals surface area contributed by atoms with E-state index in [1.54, 1.807) is 0 Å². The minimum Gasteiger partial charge on any atom is -0.381 e. The first-order valence-corrected chi connectivity index (χ1v) is 8.63. The zero-order valence-electron chi connectivity index (χ0n) is 13.6. The van der Waals surface area contributed by atoms with Gasteiger partial charge in [0.1, 0.15) is 0 Å². The molecular formula is C17H32N2O. The van der Waals surface area contributed by atoms with E-state index in [-0.39, 0.29) is 0 Å². The Morgan fingerprint density at radius 3 is 2.00 bits per heavy atom. The minimum absolute atomic E-state index is 0.546. The van der Waals surface area contributed by atoms with Crippen molar-refractivity contribution in [3.8, 4) is 0 Å². The van der Waals surface area contributed by atoms with Crippen LogP contribution in [-0.4, -0.2) is 61.3 Å². The van der Waals surface area contributed by atoms with Crippen LogP contribution in [0.5, 0.6) is 0 Å². The summed E-state index contributed by atoms with van der Waals surface area (Å²) in [5, 5.41) is 0. The third kappa shape index (κ3) is 2.90. The minimum atomic E-state index is 0.546. The Hall–Kier alpha value is -0.120. The van der Waals surface area contributed by atoms with Gasteiger partial charge in [-0.25, -0.2) is 0 Å². The molecule has 0 aromatic rings. The van der Waals surface area contributed by atoms with Crippen molar-refractivity contribution in [2.45, 2.75) is 70.6 Å². The lowest BCUT2D eigenvalue weighted by Gasteiger charge is -2.51.